The van der Waals surface area contributed by atoms with Gasteiger partial charge in [0.05, 0.1) is 0 Å². The molecule has 0 saturated heterocycles. The van der Waals surface area contributed by atoms with Crippen LogP contribution in [0.1, 0.15) is 0 Å². The fourth-order valence-corrected chi connectivity index (χ4v) is 0.213. The van der Waals surface area contributed by atoms with Gasteiger partial charge in [-0.2, -0.15) is 0 Å². The monoisotopic (exact) mass is 144 g/mol. The van der Waals surface area contributed by atoms with Crippen molar-refractivity contribution in [3.8, 4) is 0 Å². The molecule has 0 aliphatic carbocycles. The first-order chi connectivity index (χ1) is 4.09. The Balaban J connectivity index is 3.73. The number of ketones is 1. The zero-order valence-electron chi connectivity index (χ0n) is 4.28. The minimum Gasteiger partial charge on any atom is -0.290 e. The SMILES string of the molecule is O=C(C(F)F)C(F)CF. The van der Waals surface area contributed by atoms with Gasteiger partial charge in [0.1, 0.15) is 6.67 Å². The molecule has 0 aliphatic rings. The average molecular weight is 144 g/mol. The van der Waals surface area contributed by atoms with Crippen LogP contribution < -0.4 is 0 Å². The fraction of sp³-hybridized carbons (Fsp3) is 0.750. The molecular formula is C4H4F4O. The van der Waals surface area contributed by atoms with E-state index in [2.05, 4.69) is 0 Å². The summed E-state index contributed by atoms with van der Waals surface area (Å²) in [6.45, 7) is -1.68. The van der Waals surface area contributed by atoms with E-state index in [9.17, 15) is 22.4 Å². The predicted molar refractivity (Wildman–Crippen MR) is 21.9 cm³/mol. The number of rotatable bonds is 3. The quantitative estimate of drug-likeness (QED) is 0.542. The van der Waals surface area contributed by atoms with Gasteiger partial charge >= 0.3 is 0 Å². The van der Waals surface area contributed by atoms with E-state index in [1.165, 1.54) is 0 Å². The van der Waals surface area contributed by atoms with Gasteiger partial charge in [-0.05, 0) is 0 Å². The molecule has 0 aromatic rings. The Morgan fingerprint density at radius 3 is 1.89 bits per heavy atom. The maximum atomic E-state index is 11.6. The van der Waals surface area contributed by atoms with Crippen molar-refractivity contribution in [1.82, 2.24) is 0 Å². The summed E-state index contributed by atoms with van der Waals surface area (Å²) in [4.78, 5) is 9.71. The standard InChI is InChI=1S/C4H4F4O/c5-1-2(6)3(9)4(7)8/h2,4H,1H2. The van der Waals surface area contributed by atoms with Crippen LogP contribution in [0.15, 0.2) is 0 Å². The molecule has 1 nitrogen and oxygen atoms in total. The third-order valence-corrected chi connectivity index (χ3v) is 0.659. The highest BCUT2D eigenvalue weighted by Crippen LogP contribution is 2.02. The molecule has 0 heterocycles. The van der Waals surface area contributed by atoms with E-state index in [4.69, 9.17) is 0 Å². The van der Waals surface area contributed by atoms with E-state index in [1.54, 1.807) is 0 Å². The predicted octanol–water partition coefficient (Wildman–Crippen LogP) is 1.13. The number of carbonyl (C=O) groups is 1. The second-order valence-corrected chi connectivity index (χ2v) is 1.32. The van der Waals surface area contributed by atoms with Crippen LogP contribution in [0.3, 0.4) is 0 Å². The molecule has 0 fully saturated rings. The highest BCUT2D eigenvalue weighted by atomic mass is 19.3. The Kier molecular flexibility index (Phi) is 3.19. The summed E-state index contributed by atoms with van der Waals surface area (Å²) in [7, 11) is 0. The molecule has 0 aliphatic heterocycles. The maximum absolute atomic E-state index is 11.6. The van der Waals surface area contributed by atoms with Crippen LogP contribution in [0.4, 0.5) is 17.6 Å². The van der Waals surface area contributed by atoms with Gasteiger partial charge < -0.3 is 0 Å². The summed E-state index contributed by atoms with van der Waals surface area (Å²) >= 11 is 0. The summed E-state index contributed by atoms with van der Waals surface area (Å²) in [6.07, 6.45) is -6.07. The maximum Gasteiger partial charge on any atom is 0.299 e. The topological polar surface area (TPSA) is 17.1 Å². The number of halogens is 4. The lowest BCUT2D eigenvalue weighted by atomic mass is 10.3. The van der Waals surface area contributed by atoms with Crippen LogP contribution in [0, 0.1) is 0 Å². The van der Waals surface area contributed by atoms with Gasteiger partial charge in [-0.15, -0.1) is 0 Å². The van der Waals surface area contributed by atoms with Crippen molar-refractivity contribution >= 4 is 5.78 Å². The lowest BCUT2D eigenvalue weighted by Crippen LogP contribution is -2.24. The summed E-state index contributed by atoms with van der Waals surface area (Å²) in [5.41, 5.74) is 0. The van der Waals surface area contributed by atoms with Crippen molar-refractivity contribution < 1.29 is 22.4 Å². The van der Waals surface area contributed by atoms with Gasteiger partial charge in [-0.25, -0.2) is 17.6 Å². The molecule has 0 aromatic heterocycles. The molecule has 0 bridgehead atoms. The molecule has 0 N–H and O–H groups in total. The summed E-state index contributed by atoms with van der Waals surface area (Å²) in [5, 5.41) is 0. The Morgan fingerprint density at radius 1 is 1.33 bits per heavy atom. The van der Waals surface area contributed by atoms with E-state index in [0.717, 1.165) is 0 Å². The molecule has 0 amide bonds. The molecular weight excluding hydrogens is 140 g/mol. The van der Waals surface area contributed by atoms with Crippen LogP contribution >= 0.6 is 0 Å². The van der Waals surface area contributed by atoms with Crippen molar-refractivity contribution in [3.05, 3.63) is 0 Å². The van der Waals surface area contributed by atoms with Crippen LogP contribution in [0.2, 0.25) is 0 Å². The van der Waals surface area contributed by atoms with Gasteiger partial charge in [-0.1, -0.05) is 0 Å². The van der Waals surface area contributed by atoms with Gasteiger partial charge in [0.15, 0.2) is 6.17 Å². The molecule has 0 rings (SSSR count). The first-order valence-electron chi connectivity index (χ1n) is 2.11. The fourth-order valence-electron chi connectivity index (χ4n) is 0.213. The smallest absolute Gasteiger partial charge is 0.290 e. The Hall–Kier alpha value is -0.610. The first-order valence-corrected chi connectivity index (χ1v) is 2.11. The number of hydrogen-bond acceptors (Lipinski definition) is 1. The van der Waals surface area contributed by atoms with Crippen LogP contribution in [0.25, 0.3) is 0 Å². The minimum atomic E-state index is -3.41. The van der Waals surface area contributed by atoms with E-state index in [-0.39, 0.29) is 0 Å². The molecule has 9 heavy (non-hydrogen) atoms. The Morgan fingerprint density at radius 2 is 1.78 bits per heavy atom. The summed E-state index contributed by atoms with van der Waals surface area (Å²) in [6, 6.07) is 0. The molecule has 54 valence electrons. The van der Waals surface area contributed by atoms with Gasteiger partial charge in [0.25, 0.3) is 6.43 Å². The normalized spacial score (nSPS) is 13.9. The first kappa shape index (κ1) is 8.39. The third kappa shape index (κ3) is 2.43. The van der Waals surface area contributed by atoms with Crippen LogP contribution in [-0.4, -0.2) is 25.1 Å². The van der Waals surface area contributed by atoms with Crippen molar-refractivity contribution in [2.45, 2.75) is 12.6 Å². The van der Waals surface area contributed by atoms with Crippen LogP contribution in [-0.2, 0) is 4.79 Å². The van der Waals surface area contributed by atoms with E-state index in [0.29, 0.717) is 0 Å². The highest BCUT2D eigenvalue weighted by Gasteiger charge is 2.25. The molecule has 5 heteroatoms. The van der Waals surface area contributed by atoms with Gasteiger partial charge in [0, 0.05) is 0 Å². The largest absolute Gasteiger partial charge is 0.299 e. The highest BCUT2D eigenvalue weighted by molar-refractivity contribution is 5.85. The molecule has 0 aromatic carbocycles. The number of alkyl halides is 4. The molecule has 1 unspecified atom stereocenters. The zero-order valence-corrected chi connectivity index (χ0v) is 4.28. The molecule has 0 saturated carbocycles. The van der Waals surface area contributed by atoms with Crippen molar-refractivity contribution in [3.63, 3.8) is 0 Å². The van der Waals surface area contributed by atoms with E-state index < -0.39 is 25.1 Å². The van der Waals surface area contributed by atoms with Crippen molar-refractivity contribution in [2.75, 3.05) is 6.67 Å². The Bertz CT molecular complexity index is 103. The number of Topliss-reactive ketones (excluding diaryl/α,β-unsaturated/α-hetero) is 1. The average Bonchev–Trinajstić information content (AvgIpc) is 1.84. The van der Waals surface area contributed by atoms with E-state index in [1.807, 2.05) is 0 Å². The lowest BCUT2D eigenvalue weighted by molar-refractivity contribution is -0.135. The second-order valence-electron chi connectivity index (χ2n) is 1.32. The third-order valence-electron chi connectivity index (χ3n) is 0.659. The Labute approximate surface area is 48.7 Å². The molecule has 1 atom stereocenters. The lowest BCUT2D eigenvalue weighted by Gasteiger charge is -1.98. The van der Waals surface area contributed by atoms with Gasteiger partial charge in [-0.3, -0.25) is 4.79 Å². The molecule has 0 radical (unpaired) electrons. The molecule has 0 spiro atoms. The van der Waals surface area contributed by atoms with E-state index >= 15 is 0 Å². The van der Waals surface area contributed by atoms with Crippen LogP contribution in [0.5, 0.6) is 0 Å². The summed E-state index contributed by atoms with van der Waals surface area (Å²) in [5.74, 6) is -1.99. The second kappa shape index (κ2) is 3.42. The van der Waals surface area contributed by atoms with Gasteiger partial charge in [0.2, 0.25) is 5.78 Å². The summed E-state index contributed by atoms with van der Waals surface area (Å²) < 4.78 is 44.9. The minimum absolute atomic E-state index is 1.68. The van der Waals surface area contributed by atoms with Crippen molar-refractivity contribution in [2.24, 2.45) is 0 Å². The number of carbonyl (C=O) groups excluding carboxylic acids is 1. The zero-order chi connectivity index (χ0) is 7.44. The van der Waals surface area contributed by atoms with Crippen molar-refractivity contribution in [1.29, 1.82) is 0 Å². The number of hydrogen-bond donors (Lipinski definition) is 0.